The second-order valence-corrected chi connectivity index (χ2v) is 7.61. The molecule has 1 amide bonds. The van der Waals surface area contributed by atoms with Crippen LogP contribution < -0.4 is 0 Å². The van der Waals surface area contributed by atoms with Crippen LogP contribution in [0.3, 0.4) is 0 Å². The quantitative estimate of drug-likeness (QED) is 0.661. The maximum atomic E-state index is 13.2. The number of para-hydroxylation sites is 1. The molecule has 3 aliphatic rings. The fraction of sp³-hybridized carbons (Fsp3) is 0.217. The summed E-state index contributed by atoms with van der Waals surface area (Å²) in [7, 11) is 0. The zero-order valence-corrected chi connectivity index (χ0v) is 15.4. The summed E-state index contributed by atoms with van der Waals surface area (Å²) in [6.07, 6.45) is 1.19. The average Bonchev–Trinajstić information content (AvgIpc) is 3.09. The predicted octanol–water partition coefficient (Wildman–Crippen LogP) is 3.37. The minimum Gasteiger partial charge on any atom is -0.366 e. The number of aromatic nitrogens is 1. The van der Waals surface area contributed by atoms with E-state index >= 15 is 0 Å². The van der Waals surface area contributed by atoms with Crippen molar-refractivity contribution in [2.24, 2.45) is 0 Å². The average molecular weight is 369 g/mol. The van der Waals surface area contributed by atoms with Gasteiger partial charge in [-0.3, -0.25) is 14.2 Å². The van der Waals surface area contributed by atoms with Crippen LogP contribution in [0, 0.1) is 0 Å². The summed E-state index contributed by atoms with van der Waals surface area (Å²) in [5.74, 6) is 0.0260. The first kappa shape index (κ1) is 15.7. The monoisotopic (exact) mass is 369 g/mol. The second-order valence-electron chi connectivity index (χ2n) is 7.61. The van der Waals surface area contributed by atoms with Gasteiger partial charge in [-0.05, 0) is 30.2 Å². The molecule has 0 unspecified atom stereocenters. The van der Waals surface area contributed by atoms with Gasteiger partial charge in [0.05, 0.1) is 29.0 Å². The summed E-state index contributed by atoms with van der Waals surface area (Å²) in [6, 6.07) is 17.5. The molecule has 0 bridgehead atoms. The van der Waals surface area contributed by atoms with Gasteiger partial charge in [-0.2, -0.15) is 0 Å². The van der Waals surface area contributed by atoms with Gasteiger partial charge in [-0.1, -0.05) is 36.4 Å². The van der Waals surface area contributed by atoms with E-state index in [1.807, 2.05) is 58.0 Å². The lowest BCUT2D eigenvalue weighted by atomic mass is 9.94. The Morgan fingerprint density at radius 1 is 0.893 bits per heavy atom. The van der Waals surface area contributed by atoms with Crippen LogP contribution >= 0.6 is 0 Å². The molecule has 0 radical (unpaired) electrons. The highest BCUT2D eigenvalue weighted by atomic mass is 16.2. The predicted molar refractivity (Wildman–Crippen MR) is 107 cm³/mol. The number of rotatable bonds is 1. The summed E-state index contributed by atoms with van der Waals surface area (Å²) in [4.78, 5) is 30.6. The molecule has 28 heavy (non-hydrogen) atoms. The molecule has 0 fully saturated rings. The van der Waals surface area contributed by atoms with E-state index in [2.05, 4.69) is 11.0 Å². The molecule has 3 aliphatic heterocycles. The summed E-state index contributed by atoms with van der Waals surface area (Å²) >= 11 is 0. The fourth-order valence-corrected chi connectivity index (χ4v) is 4.96. The first-order valence-corrected chi connectivity index (χ1v) is 9.75. The van der Waals surface area contributed by atoms with Gasteiger partial charge in [0, 0.05) is 30.6 Å². The van der Waals surface area contributed by atoms with E-state index < -0.39 is 0 Å². The van der Waals surface area contributed by atoms with Crippen molar-refractivity contribution in [1.82, 2.24) is 14.4 Å². The molecule has 5 nitrogen and oxygen atoms in total. The van der Waals surface area contributed by atoms with Crippen LogP contribution in [0.2, 0.25) is 0 Å². The Morgan fingerprint density at radius 2 is 1.68 bits per heavy atom. The first-order chi connectivity index (χ1) is 13.7. The first-order valence-electron chi connectivity index (χ1n) is 9.75. The Balaban J connectivity index is 1.59. The van der Waals surface area contributed by atoms with Crippen LogP contribution in [0.25, 0.3) is 16.6 Å². The van der Waals surface area contributed by atoms with Gasteiger partial charge >= 0.3 is 0 Å². The van der Waals surface area contributed by atoms with E-state index in [9.17, 15) is 9.59 Å². The van der Waals surface area contributed by atoms with Gasteiger partial charge in [0.1, 0.15) is 0 Å². The minimum absolute atomic E-state index is 0.0211. The molecule has 6 rings (SSSR count). The van der Waals surface area contributed by atoms with Crippen LogP contribution in [-0.4, -0.2) is 45.8 Å². The van der Waals surface area contributed by atoms with Crippen LogP contribution in [0.1, 0.15) is 32.8 Å². The number of carbonyl (C=O) groups is 2. The number of benzene rings is 2. The van der Waals surface area contributed by atoms with E-state index in [4.69, 9.17) is 0 Å². The highest BCUT2D eigenvalue weighted by molar-refractivity contribution is 6.05. The molecular weight excluding hydrogens is 350 g/mol. The molecule has 0 saturated carbocycles. The van der Waals surface area contributed by atoms with Gasteiger partial charge < -0.3 is 9.80 Å². The Morgan fingerprint density at radius 3 is 2.54 bits per heavy atom. The lowest BCUT2D eigenvalue weighted by molar-refractivity contribution is 0.0753. The largest absolute Gasteiger partial charge is 0.366 e. The third-order valence-corrected chi connectivity index (χ3v) is 6.18. The van der Waals surface area contributed by atoms with Crippen molar-refractivity contribution in [3.05, 3.63) is 77.1 Å². The molecule has 0 spiro atoms. The number of fused-ring (bicyclic) bond motifs is 3. The standard InChI is InChI=1S/C23H19N3O2/c27-20-14-19-22-21-17(16-8-4-5-9-18(16)26(20)21)10-11-24(22)12-13-25(19)23(28)15-6-2-1-3-7-15/h1-9H,10-14H2. The Bertz CT molecular complexity index is 1190. The summed E-state index contributed by atoms with van der Waals surface area (Å²) in [5, 5.41) is 1.16. The molecule has 0 N–H and O–H groups in total. The third-order valence-electron chi connectivity index (χ3n) is 6.18. The molecule has 0 aliphatic carbocycles. The maximum Gasteiger partial charge on any atom is 0.258 e. The van der Waals surface area contributed by atoms with Crippen LogP contribution in [0.5, 0.6) is 0 Å². The van der Waals surface area contributed by atoms with E-state index in [-0.39, 0.29) is 18.2 Å². The van der Waals surface area contributed by atoms with Gasteiger partial charge in [0.15, 0.2) is 0 Å². The van der Waals surface area contributed by atoms with Gasteiger partial charge in [0.2, 0.25) is 5.91 Å². The smallest absolute Gasteiger partial charge is 0.258 e. The molecule has 4 heterocycles. The van der Waals surface area contributed by atoms with E-state index in [1.165, 1.54) is 5.56 Å². The lowest BCUT2D eigenvalue weighted by Crippen LogP contribution is -2.48. The molecule has 0 saturated heterocycles. The van der Waals surface area contributed by atoms with Gasteiger partial charge in [-0.25, -0.2) is 0 Å². The highest BCUT2D eigenvalue weighted by Gasteiger charge is 2.41. The number of allylic oxidation sites excluding steroid dienone is 1. The topological polar surface area (TPSA) is 45.6 Å². The molecule has 0 atom stereocenters. The highest BCUT2D eigenvalue weighted by Crippen LogP contribution is 2.44. The zero-order chi connectivity index (χ0) is 18.8. The molecule has 3 aromatic rings. The van der Waals surface area contributed by atoms with Gasteiger partial charge in [0.25, 0.3) is 5.91 Å². The van der Waals surface area contributed by atoms with E-state index in [0.29, 0.717) is 12.1 Å². The lowest BCUT2D eigenvalue weighted by Gasteiger charge is -2.44. The van der Waals surface area contributed by atoms with Crippen molar-refractivity contribution < 1.29 is 9.59 Å². The van der Waals surface area contributed by atoms with Crippen molar-refractivity contribution in [2.75, 3.05) is 19.6 Å². The normalized spacial score (nSPS) is 17.9. The van der Waals surface area contributed by atoms with Crippen molar-refractivity contribution in [3.8, 4) is 0 Å². The van der Waals surface area contributed by atoms with Crippen molar-refractivity contribution in [1.29, 1.82) is 0 Å². The minimum atomic E-state index is -0.0211. The van der Waals surface area contributed by atoms with Crippen LogP contribution in [0.4, 0.5) is 0 Å². The van der Waals surface area contributed by atoms with Gasteiger partial charge in [-0.15, -0.1) is 0 Å². The Kier molecular flexibility index (Phi) is 3.13. The number of amides is 1. The van der Waals surface area contributed by atoms with Crippen LogP contribution in [-0.2, 0) is 6.42 Å². The molecule has 138 valence electrons. The Labute approximate surface area is 162 Å². The number of hydrogen-bond acceptors (Lipinski definition) is 3. The third kappa shape index (κ3) is 1.96. The second kappa shape index (κ2) is 5.58. The van der Waals surface area contributed by atoms with Crippen LogP contribution in [0.15, 0.2) is 60.3 Å². The fourth-order valence-electron chi connectivity index (χ4n) is 4.96. The zero-order valence-electron chi connectivity index (χ0n) is 15.4. The van der Waals surface area contributed by atoms with E-state index in [1.54, 1.807) is 0 Å². The Hall–Kier alpha value is -3.34. The van der Waals surface area contributed by atoms with Crippen molar-refractivity contribution in [3.63, 3.8) is 0 Å². The van der Waals surface area contributed by atoms with Crippen molar-refractivity contribution >= 4 is 28.4 Å². The summed E-state index contributed by atoms with van der Waals surface area (Å²) in [6.45, 7) is 2.35. The maximum absolute atomic E-state index is 13.2. The SMILES string of the molecule is O=C(c1ccccc1)N1CCN2CCc3c4n(c5ccccc35)C(=O)CC1=C42. The number of hydrogen-bond donors (Lipinski definition) is 0. The van der Waals surface area contributed by atoms with E-state index in [0.717, 1.165) is 47.5 Å². The summed E-state index contributed by atoms with van der Waals surface area (Å²) in [5.41, 5.74) is 5.83. The number of carbonyl (C=O) groups excluding carboxylic acids is 2. The summed E-state index contributed by atoms with van der Waals surface area (Å²) < 4.78 is 1.88. The molecule has 1 aromatic heterocycles. The molecular formula is C23H19N3O2. The van der Waals surface area contributed by atoms with Crippen molar-refractivity contribution in [2.45, 2.75) is 12.8 Å². The number of nitrogens with zero attached hydrogens (tertiary/aromatic N) is 3. The molecule has 2 aromatic carbocycles. The molecule has 5 heteroatoms.